The fourth-order valence-corrected chi connectivity index (χ4v) is 3.10. The Bertz CT molecular complexity index is 982. The van der Waals surface area contributed by atoms with Gasteiger partial charge < -0.3 is 11.1 Å². The van der Waals surface area contributed by atoms with Gasteiger partial charge in [0.25, 0.3) is 5.78 Å². The molecular weight excluding hydrogens is 364 g/mol. The van der Waals surface area contributed by atoms with Gasteiger partial charge in [0.05, 0.1) is 6.54 Å². The summed E-state index contributed by atoms with van der Waals surface area (Å²) in [7, 11) is 0. The predicted molar refractivity (Wildman–Crippen MR) is 108 cm³/mol. The Morgan fingerprint density at radius 3 is 2.59 bits per heavy atom. The molecule has 0 spiro atoms. The van der Waals surface area contributed by atoms with E-state index in [2.05, 4.69) is 26.4 Å². The summed E-state index contributed by atoms with van der Waals surface area (Å²) in [6.07, 6.45) is 0.968. The maximum atomic E-state index is 12.4. The molecule has 0 fully saturated rings. The van der Waals surface area contributed by atoms with E-state index in [0.717, 1.165) is 28.2 Å². The number of nitrogens with one attached hydrogen (secondary N) is 1. The first-order valence-corrected chi connectivity index (χ1v) is 8.68. The van der Waals surface area contributed by atoms with Crippen LogP contribution in [0.25, 0.3) is 5.78 Å². The minimum absolute atomic E-state index is 0. The molecule has 7 nitrogen and oxygen atoms in total. The first kappa shape index (κ1) is 20.8. The van der Waals surface area contributed by atoms with Crippen LogP contribution in [0.15, 0.2) is 18.2 Å². The summed E-state index contributed by atoms with van der Waals surface area (Å²) >= 11 is 0. The number of nitrogens with two attached hydrogens (primary N) is 1. The molecular formula is C19H25ClN6O. The third-order valence-corrected chi connectivity index (χ3v) is 4.53. The number of aromatic nitrogens is 4. The topological polar surface area (TPSA) is 98.2 Å². The van der Waals surface area contributed by atoms with Crippen LogP contribution in [0.2, 0.25) is 0 Å². The molecule has 0 radical (unpaired) electrons. The largest absolute Gasteiger partial charge is 0.326 e. The summed E-state index contributed by atoms with van der Waals surface area (Å²) in [6.45, 7) is 8.20. The van der Waals surface area contributed by atoms with Gasteiger partial charge in [-0.15, -0.1) is 17.5 Å². The van der Waals surface area contributed by atoms with Crippen molar-refractivity contribution in [2.45, 2.75) is 47.1 Å². The second kappa shape index (κ2) is 8.45. The van der Waals surface area contributed by atoms with Crippen LogP contribution in [0, 0.1) is 27.7 Å². The van der Waals surface area contributed by atoms with E-state index >= 15 is 0 Å². The van der Waals surface area contributed by atoms with Gasteiger partial charge in [0, 0.05) is 23.5 Å². The zero-order valence-electron chi connectivity index (χ0n) is 16.0. The molecule has 3 N–H and O–H groups in total. The minimum atomic E-state index is -0.0166. The van der Waals surface area contributed by atoms with Gasteiger partial charge in [0.15, 0.2) is 5.82 Å². The van der Waals surface area contributed by atoms with Crippen molar-refractivity contribution in [3.63, 3.8) is 0 Å². The summed E-state index contributed by atoms with van der Waals surface area (Å²) in [4.78, 5) is 21.2. The zero-order valence-corrected chi connectivity index (χ0v) is 16.9. The number of halogens is 1. The van der Waals surface area contributed by atoms with Gasteiger partial charge in [0.1, 0.15) is 0 Å². The molecule has 8 heteroatoms. The Morgan fingerprint density at radius 1 is 1.19 bits per heavy atom. The van der Waals surface area contributed by atoms with Gasteiger partial charge in [-0.25, -0.2) is 9.50 Å². The van der Waals surface area contributed by atoms with Crippen LogP contribution in [0.4, 0.5) is 5.69 Å². The van der Waals surface area contributed by atoms with Gasteiger partial charge in [-0.1, -0.05) is 17.7 Å². The van der Waals surface area contributed by atoms with E-state index in [1.54, 1.807) is 4.52 Å². The van der Waals surface area contributed by atoms with Crippen LogP contribution in [0.3, 0.4) is 0 Å². The number of aryl methyl sites for hydroxylation is 4. The average molecular weight is 389 g/mol. The Balaban J connectivity index is 0.00000261. The van der Waals surface area contributed by atoms with Crippen LogP contribution in [-0.4, -0.2) is 25.5 Å². The van der Waals surface area contributed by atoms with Crippen molar-refractivity contribution in [1.29, 1.82) is 0 Å². The third kappa shape index (κ3) is 4.43. The van der Waals surface area contributed by atoms with Gasteiger partial charge >= 0.3 is 0 Å². The first-order valence-electron chi connectivity index (χ1n) is 8.68. The quantitative estimate of drug-likeness (QED) is 0.700. The summed E-state index contributed by atoms with van der Waals surface area (Å²) in [6, 6.07) is 5.99. The van der Waals surface area contributed by atoms with Gasteiger partial charge in [-0.2, -0.15) is 4.98 Å². The number of fused-ring (bicyclic) bond motifs is 1. The summed E-state index contributed by atoms with van der Waals surface area (Å²) in [5.41, 5.74) is 11.5. The number of nitrogens with zero attached hydrogens (tertiary/aromatic N) is 4. The summed E-state index contributed by atoms with van der Waals surface area (Å²) in [5.74, 6) is 1.09. The summed E-state index contributed by atoms with van der Waals surface area (Å²) < 4.78 is 1.70. The SMILES string of the molecule is Cc1ccc(NC(=O)CCc2c(C)nc3nc(CN)nn3c2C)c(C)c1.Cl. The standard InChI is InChI=1S/C19H24N6O.ClH/c1-11-5-7-16(12(2)9-11)22-18(26)8-6-15-13(3)21-19-23-17(10-20)24-25(19)14(15)4;/h5,7,9H,6,8,10,20H2,1-4H3,(H,22,26);1H. The lowest BCUT2D eigenvalue weighted by molar-refractivity contribution is -0.116. The number of anilines is 1. The Labute approximate surface area is 164 Å². The van der Waals surface area contributed by atoms with Crippen LogP contribution in [0.5, 0.6) is 0 Å². The highest BCUT2D eigenvalue weighted by Gasteiger charge is 2.14. The molecule has 0 aliphatic heterocycles. The maximum Gasteiger partial charge on any atom is 0.252 e. The zero-order chi connectivity index (χ0) is 18.8. The average Bonchev–Trinajstić information content (AvgIpc) is 3.00. The molecule has 0 aliphatic rings. The number of rotatable bonds is 5. The van der Waals surface area contributed by atoms with Crippen LogP contribution in [-0.2, 0) is 17.8 Å². The molecule has 0 atom stereocenters. The maximum absolute atomic E-state index is 12.4. The number of carbonyl (C=O) groups is 1. The van der Waals surface area contributed by atoms with E-state index in [0.29, 0.717) is 24.4 Å². The number of amides is 1. The second-order valence-electron chi connectivity index (χ2n) is 6.57. The van der Waals surface area contributed by atoms with E-state index in [1.165, 1.54) is 5.56 Å². The highest BCUT2D eigenvalue weighted by Crippen LogP contribution is 2.18. The van der Waals surface area contributed by atoms with E-state index in [1.807, 2.05) is 39.8 Å². The van der Waals surface area contributed by atoms with E-state index in [4.69, 9.17) is 5.73 Å². The van der Waals surface area contributed by atoms with Crippen LogP contribution < -0.4 is 11.1 Å². The number of benzene rings is 1. The molecule has 1 amide bonds. The van der Waals surface area contributed by atoms with Crippen molar-refractivity contribution in [1.82, 2.24) is 19.6 Å². The molecule has 0 bridgehead atoms. The molecule has 0 saturated heterocycles. The number of carbonyl (C=O) groups excluding carboxylic acids is 1. The van der Waals surface area contributed by atoms with Crippen molar-refractivity contribution in [3.05, 3.63) is 52.1 Å². The van der Waals surface area contributed by atoms with Gasteiger partial charge in [-0.3, -0.25) is 4.79 Å². The Kier molecular flexibility index (Phi) is 6.51. The second-order valence-corrected chi connectivity index (χ2v) is 6.57. The molecule has 0 saturated carbocycles. The monoisotopic (exact) mass is 388 g/mol. The van der Waals surface area contributed by atoms with Crippen molar-refractivity contribution >= 4 is 29.8 Å². The molecule has 2 aromatic heterocycles. The third-order valence-electron chi connectivity index (χ3n) is 4.53. The Hall–Kier alpha value is -2.51. The predicted octanol–water partition coefficient (Wildman–Crippen LogP) is 2.81. The normalized spacial score (nSPS) is 10.7. The molecule has 3 aromatic rings. The molecule has 1 aromatic carbocycles. The molecule has 3 rings (SSSR count). The highest BCUT2D eigenvalue weighted by molar-refractivity contribution is 5.91. The molecule has 0 unspecified atom stereocenters. The van der Waals surface area contributed by atoms with E-state index in [-0.39, 0.29) is 24.9 Å². The van der Waals surface area contributed by atoms with Crippen LogP contribution >= 0.6 is 12.4 Å². The minimum Gasteiger partial charge on any atom is -0.326 e. The van der Waals surface area contributed by atoms with Crippen LogP contribution in [0.1, 0.15) is 40.3 Å². The number of hydrogen-bond acceptors (Lipinski definition) is 5. The van der Waals surface area contributed by atoms with Crippen molar-refractivity contribution in [2.75, 3.05) is 5.32 Å². The highest BCUT2D eigenvalue weighted by atomic mass is 35.5. The lowest BCUT2D eigenvalue weighted by atomic mass is 10.1. The summed E-state index contributed by atoms with van der Waals surface area (Å²) in [5, 5.41) is 7.35. The lowest BCUT2D eigenvalue weighted by Gasteiger charge is -2.12. The smallest absolute Gasteiger partial charge is 0.252 e. The van der Waals surface area contributed by atoms with Crippen molar-refractivity contribution in [3.8, 4) is 0 Å². The van der Waals surface area contributed by atoms with Crippen molar-refractivity contribution in [2.24, 2.45) is 5.73 Å². The molecule has 144 valence electrons. The number of hydrogen-bond donors (Lipinski definition) is 2. The van der Waals surface area contributed by atoms with E-state index in [9.17, 15) is 4.79 Å². The Morgan fingerprint density at radius 2 is 1.93 bits per heavy atom. The molecule has 27 heavy (non-hydrogen) atoms. The van der Waals surface area contributed by atoms with Crippen molar-refractivity contribution < 1.29 is 4.79 Å². The lowest BCUT2D eigenvalue weighted by Crippen LogP contribution is -2.15. The van der Waals surface area contributed by atoms with Gasteiger partial charge in [0.2, 0.25) is 5.91 Å². The van der Waals surface area contributed by atoms with E-state index < -0.39 is 0 Å². The first-order chi connectivity index (χ1) is 12.4. The fraction of sp³-hybridized carbons (Fsp3) is 0.368. The molecule has 2 heterocycles. The molecule has 0 aliphatic carbocycles. The van der Waals surface area contributed by atoms with Gasteiger partial charge in [-0.05, 0) is 51.3 Å². The fourth-order valence-electron chi connectivity index (χ4n) is 3.10.